The quantitative estimate of drug-likeness (QED) is 0.714. The van der Waals surface area contributed by atoms with Crippen LogP contribution in [0.5, 0.6) is 0 Å². The standard InChI is InChI=1S/C13H10N4S/c14-10-6-2-1-5-9(10)12-16-17-13(18-12)11-7-3-4-8-15-11/h1-8H,14H2. The fraction of sp³-hybridized carbons (Fsp3) is 0. The van der Waals surface area contributed by atoms with E-state index in [1.54, 1.807) is 6.20 Å². The zero-order chi connectivity index (χ0) is 12.4. The van der Waals surface area contributed by atoms with Crippen LogP contribution in [0.1, 0.15) is 0 Å². The maximum absolute atomic E-state index is 5.92. The molecule has 0 aliphatic heterocycles. The van der Waals surface area contributed by atoms with Gasteiger partial charge >= 0.3 is 0 Å². The smallest absolute Gasteiger partial charge is 0.166 e. The molecule has 0 fully saturated rings. The van der Waals surface area contributed by atoms with Gasteiger partial charge in [0, 0.05) is 17.4 Å². The van der Waals surface area contributed by atoms with E-state index < -0.39 is 0 Å². The highest BCUT2D eigenvalue weighted by Gasteiger charge is 2.10. The summed E-state index contributed by atoms with van der Waals surface area (Å²) in [5.74, 6) is 0. The number of hydrogen-bond donors (Lipinski definition) is 1. The molecule has 0 saturated heterocycles. The number of benzene rings is 1. The Morgan fingerprint density at radius 1 is 0.889 bits per heavy atom. The molecular weight excluding hydrogens is 244 g/mol. The lowest BCUT2D eigenvalue weighted by atomic mass is 10.2. The lowest BCUT2D eigenvalue weighted by Crippen LogP contribution is -1.88. The summed E-state index contributed by atoms with van der Waals surface area (Å²) in [6.07, 6.45) is 1.74. The Hall–Kier alpha value is -2.27. The molecule has 2 aromatic heterocycles. The Morgan fingerprint density at radius 2 is 1.67 bits per heavy atom. The number of hydrogen-bond acceptors (Lipinski definition) is 5. The molecule has 1 aromatic carbocycles. The van der Waals surface area contributed by atoms with Gasteiger partial charge in [0.15, 0.2) is 5.01 Å². The Balaban J connectivity index is 2.03. The van der Waals surface area contributed by atoms with Crippen molar-refractivity contribution >= 4 is 17.0 Å². The van der Waals surface area contributed by atoms with Crippen LogP contribution in [0.15, 0.2) is 48.7 Å². The minimum Gasteiger partial charge on any atom is -0.398 e. The largest absolute Gasteiger partial charge is 0.398 e. The van der Waals surface area contributed by atoms with Gasteiger partial charge in [0.1, 0.15) is 10.7 Å². The third-order valence-electron chi connectivity index (χ3n) is 2.50. The van der Waals surface area contributed by atoms with Crippen molar-refractivity contribution in [3.05, 3.63) is 48.7 Å². The normalized spacial score (nSPS) is 10.4. The highest BCUT2D eigenvalue weighted by Crippen LogP contribution is 2.31. The van der Waals surface area contributed by atoms with E-state index in [0.717, 1.165) is 21.3 Å². The predicted molar refractivity (Wildman–Crippen MR) is 73.0 cm³/mol. The Morgan fingerprint density at radius 3 is 2.44 bits per heavy atom. The molecular formula is C13H10N4S. The van der Waals surface area contributed by atoms with Crippen LogP contribution in [0, 0.1) is 0 Å². The van der Waals surface area contributed by atoms with Crippen molar-refractivity contribution in [2.24, 2.45) is 0 Å². The van der Waals surface area contributed by atoms with Crippen LogP contribution in [0.4, 0.5) is 5.69 Å². The van der Waals surface area contributed by atoms with Gasteiger partial charge in [-0.1, -0.05) is 29.5 Å². The Kier molecular flexibility index (Phi) is 2.74. The van der Waals surface area contributed by atoms with Crippen molar-refractivity contribution in [2.75, 3.05) is 5.73 Å². The molecule has 88 valence electrons. The first-order valence-electron chi connectivity index (χ1n) is 5.44. The van der Waals surface area contributed by atoms with Crippen molar-refractivity contribution in [3.8, 4) is 21.3 Å². The first-order chi connectivity index (χ1) is 8.84. The summed E-state index contributed by atoms with van der Waals surface area (Å²) in [4.78, 5) is 4.26. The first kappa shape index (κ1) is 10.9. The second-order valence-electron chi connectivity index (χ2n) is 3.71. The molecule has 0 aliphatic rings. The van der Waals surface area contributed by atoms with Gasteiger partial charge in [0.2, 0.25) is 0 Å². The van der Waals surface area contributed by atoms with Crippen LogP contribution in [0.25, 0.3) is 21.3 Å². The van der Waals surface area contributed by atoms with Gasteiger partial charge in [-0.2, -0.15) is 0 Å². The molecule has 0 aliphatic carbocycles. The Labute approximate surface area is 108 Å². The number of nitrogens with two attached hydrogens (primary N) is 1. The second kappa shape index (κ2) is 4.54. The van der Waals surface area contributed by atoms with Gasteiger partial charge in [-0.15, -0.1) is 10.2 Å². The average Bonchev–Trinajstić information content (AvgIpc) is 2.90. The lowest BCUT2D eigenvalue weighted by molar-refractivity contribution is 1.09. The van der Waals surface area contributed by atoms with Crippen LogP contribution in [-0.4, -0.2) is 15.2 Å². The van der Waals surface area contributed by atoms with Crippen LogP contribution in [0.3, 0.4) is 0 Å². The summed E-state index contributed by atoms with van der Waals surface area (Å²) < 4.78 is 0. The average molecular weight is 254 g/mol. The third-order valence-corrected chi connectivity index (χ3v) is 3.48. The number of para-hydroxylation sites is 1. The zero-order valence-electron chi connectivity index (χ0n) is 9.45. The van der Waals surface area contributed by atoms with E-state index in [1.165, 1.54) is 11.3 Å². The number of nitrogen functional groups attached to an aromatic ring is 1. The molecule has 3 aromatic rings. The molecule has 0 atom stereocenters. The molecule has 0 spiro atoms. The first-order valence-corrected chi connectivity index (χ1v) is 6.26. The van der Waals surface area contributed by atoms with E-state index in [4.69, 9.17) is 5.73 Å². The molecule has 0 amide bonds. The topological polar surface area (TPSA) is 64.7 Å². The number of nitrogens with zero attached hydrogens (tertiary/aromatic N) is 3. The molecule has 4 nitrogen and oxygen atoms in total. The number of rotatable bonds is 2. The van der Waals surface area contributed by atoms with E-state index in [9.17, 15) is 0 Å². The van der Waals surface area contributed by atoms with Gasteiger partial charge in [0.05, 0.1) is 0 Å². The summed E-state index contributed by atoms with van der Waals surface area (Å²) in [7, 11) is 0. The predicted octanol–water partition coefficient (Wildman–Crippen LogP) is 2.85. The van der Waals surface area contributed by atoms with E-state index in [2.05, 4.69) is 15.2 Å². The maximum atomic E-state index is 5.92. The van der Waals surface area contributed by atoms with Gasteiger partial charge in [-0.3, -0.25) is 4.98 Å². The minimum absolute atomic E-state index is 0.709. The monoisotopic (exact) mass is 254 g/mol. The molecule has 0 bridgehead atoms. The Bertz CT molecular complexity index is 664. The summed E-state index contributed by atoms with van der Waals surface area (Å²) in [5, 5.41) is 9.94. The SMILES string of the molecule is Nc1ccccc1-c1nnc(-c2ccccn2)s1. The zero-order valence-corrected chi connectivity index (χ0v) is 10.3. The molecule has 0 radical (unpaired) electrons. The summed E-state index contributed by atoms with van der Waals surface area (Å²) in [6, 6.07) is 13.4. The number of aromatic nitrogens is 3. The summed E-state index contributed by atoms with van der Waals surface area (Å²) in [6.45, 7) is 0. The molecule has 2 N–H and O–H groups in total. The van der Waals surface area contributed by atoms with E-state index in [-0.39, 0.29) is 0 Å². The number of anilines is 1. The van der Waals surface area contributed by atoms with Crippen molar-refractivity contribution in [2.45, 2.75) is 0 Å². The third kappa shape index (κ3) is 1.96. The van der Waals surface area contributed by atoms with Gasteiger partial charge in [0.25, 0.3) is 0 Å². The molecule has 5 heteroatoms. The summed E-state index contributed by atoms with van der Waals surface area (Å²) >= 11 is 1.49. The highest BCUT2D eigenvalue weighted by molar-refractivity contribution is 7.17. The van der Waals surface area contributed by atoms with Gasteiger partial charge < -0.3 is 5.73 Å². The summed E-state index contributed by atoms with van der Waals surface area (Å²) in [5.41, 5.74) is 8.38. The second-order valence-corrected chi connectivity index (χ2v) is 4.69. The van der Waals surface area contributed by atoms with Crippen molar-refractivity contribution in [3.63, 3.8) is 0 Å². The van der Waals surface area contributed by atoms with E-state index >= 15 is 0 Å². The van der Waals surface area contributed by atoms with Crippen molar-refractivity contribution in [1.82, 2.24) is 15.2 Å². The van der Waals surface area contributed by atoms with Crippen LogP contribution in [0.2, 0.25) is 0 Å². The molecule has 18 heavy (non-hydrogen) atoms. The van der Waals surface area contributed by atoms with Crippen molar-refractivity contribution < 1.29 is 0 Å². The number of pyridine rings is 1. The van der Waals surface area contributed by atoms with Gasteiger partial charge in [-0.25, -0.2) is 0 Å². The lowest BCUT2D eigenvalue weighted by Gasteiger charge is -1.98. The highest BCUT2D eigenvalue weighted by atomic mass is 32.1. The molecule has 0 saturated carbocycles. The van der Waals surface area contributed by atoms with E-state index in [0.29, 0.717) is 5.69 Å². The molecule has 2 heterocycles. The minimum atomic E-state index is 0.709. The van der Waals surface area contributed by atoms with E-state index in [1.807, 2.05) is 42.5 Å². The van der Waals surface area contributed by atoms with Crippen LogP contribution >= 0.6 is 11.3 Å². The molecule has 0 unspecified atom stereocenters. The van der Waals surface area contributed by atoms with Gasteiger partial charge in [-0.05, 0) is 24.3 Å². The van der Waals surface area contributed by atoms with Crippen LogP contribution in [-0.2, 0) is 0 Å². The van der Waals surface area contributed by atoms with Crippen LogP contribution < -0.4 is 5.73 Å². The maximum Gasteiger partial charge on any atom is 0.166 e. The molecule has 3 rings (SSSR count). The fourth-order valence-electron chi connectivity index (χ4n) is 1.62. The van der Waals surface area contributed by atoms with Crippen molar-refractivity contribution in [1.29, 1.82) is 0 Å². The fourth-order valence-corrected chi connectivity index (χ4v) is 2.48.